The second-order valence-corrected chi connectivity index (χ2v) is 4.43. The van der Waals surface area contributed by atoms with Gasteiger partial charge in [-0.3, -0.25) is 4.90 Å². The van der Waals surface area contributed by atoms with E-state index in [4.69, 9.17) is 9.47 Å². The number of morpholine rings is 1. The molecule has 1 aromatic carbocycles. The maximum atomic E-state index is 5.92. The lowest BCUT2D eigenvalue weighted by Crippen LogP contribution is -2.38. The van der Waals surface area contributed by atoms with Crippen LogP contribution in [0.15, 0.2) is 24.3 Å². The van der Waals surface area contributed by atoms with Gasteiger partial charge in [-0.15, -0.1) is 0 Å². The molecule has 1 saturated heterocycles. The van der Waals surface area contributed by atoms with E-state index in [1.54, 1.807) is 0 Å². The minimum Gasteiger partial charge on any atom is -0.478 e. The molecule has 0 aromatic heterocycles. The smallest absolute Gasteiger partial charge is 0.142 e. The number of nitrogens with zero attached hydrogens (tertiary/aromatic N) is 1. The summed E-state index contributed by atoms with van der Waals surface area (Å²) in [5.41, 5.74) is 2.62. The number of hydrogen-bond acceptors (Lipinski definition) is 3. The Hall–Kier alpha value is -1.32. The zero-order valence-electron chi connectivity index (χ0n) is 9.89. The van der Waals surface area contributed by atoms with Gasteiger partial charge in [0.2, 0.25) is 0 Å². The van der Waals surface area contributed by atoms with Crippen LogP contribution in [0.5, 0.6) is 5.75 Å². The standard InChI is InChI=1S/C14H17NO2/c1-3-12-4-2-6-14(13(12)5-1)17-11-15-7-9-16-10-8-15/h1-4,6H,5,7-11H2. The summed E-state index contributed by atoms with van der Waals surface area (Å²) in [6.45, 7) is 4.23. The number of hydrogen-bond donors (Lipinski definition) is 0. The molecule has 17 heavy (non-hydrogen) atoms. The fourth-order valence-corrected chi connectivity index (χ4v) is 2.29. The quantitative estimate of drug-likeness (QED) is 0.793. The van der Waals surface area contributed by atoms with Crippen molar-refractivity contribution < 1.29 is 9.47 Å². The van der Waals surface area contributed by atoms with Gasteiger partial charge < -0.3 is 9.47 Å². The average molecular weight is 231 g/mol. The summed E-state index contributed by atoms with van der Waals surface area (Å²) in [5, 5.41) is 0. The zero-order chi connectivity index (χ0) is 11.5. The Morgan fingerprint density at radius 2 is 2.12 bits per heavy atom. The molecule has 1 aliphatic carbocycles. The van der Waals surface area contributed by atoms with Crippen molar-refractivity contribution in [3.05, 3.63) is 35.4 Å². The van der Waals surface area contributed by atoms with E-state index in [1.807, 2.05) is 0 Å². The fourth-order valence-electron chi connectivity index (χ4n) is 2.29. The Balaban J connectivity index is 1.64. The van der Waals surface area contributed by atoms with Crippen molar-refractivity contribution >= 4 is 6.08 Å². The predicted molar refractivity (Wildman–Crippen MR) is 67.1 cm³/mol. The molecule has 0 N–H and O–H groups in total. The third-order valence-corrected chi connectivity index (χ3v) is 3.29. The number of benzene rings is 1. The summed E-state index contributed by atoms with van der Waals surface area (Å²) >= 11 is 0. The van der Waals surface area contributed by atoms with Gasteiger partial charge in [0.15, 0.2) is 0 Å². The van der Waals surface area contributed by atoms with E-state index in [1.165, 1.54) is 11.1 Å². The normalized spacial score (nSPS) is 19.3. The second-order valence-electron chi connectivity index (χ2n) is 4.43. The molecule has 0 atom stereocenters. The number of rotatable bonds is 3. The van der Waals surface area contributed by atoms with E-state index < -0.39 is 0 Å². The molecule has 1 aromatic rings. The van der Waals surface area contributed by atoms with Gasteiger partial charge in [0.1, 0.15) is 12.5 Å². The molecule has 3 heteroatoms. The summed E-state index contributed by atoms with van der Waals surface area (Å²) in [6.07, 6.45) is 5.35. The van der Waals surface area contributed by atoms with E-state index in [0.29, 0.717) is 6.73 Å². The lowest BCUT2D eigenvalue weighted by Gasteiger charge is -2.26. The lowest BCUT2D eigenvalue weighted by atomic mass is 10.1. The molecular formula is C14H17NO2. The first-order valence-corrected chi connectivity index (χ1v) is 6.15. The van der Waals surface area contributed by atoms with Crippen LogP contribution in [0, 0.1) is 0 Å². The third-order valence-electron chi connectivity index (χ3n) is 3.29. The Morgan fingerprint density at radius 1 is 1.24 bits per heavy atom. The molecule has 0 radical (unpaired) electrons. The molecular weight excluding hydrogens is 214 g/mol. The van der Waals surface area contributed by atoms with Crippen molar-refractivity contribution in [1.82, 2.24) is 4.90 Å². The first-order chi connectivity index (χ1) is 8.43. The van der Waals surface area contributed by atoms with Crippen molar-refractivity contribution in [3.63, 3.8) is 0 Å². The SMILES string of the molecule is C1=Cc2cccc(OCN3CCOCC3)c2C1. The summed E-state index contributed by atoms with van der Waals surface area (Å²) < 4.78 is 11.2. The summed E-state index contributed by atoms with van der Waals surface area (Å²) in [5.74, 6) is 1.03. The molecule has 0 amide bonds. The van der Waals surface area contributed by atoms with Crippen molar-refractivity contribution in [2.24, 2.45) is 0 Å². The predicted octanol–water partition coefficient (Wildman–Crippen LogP) is 1.92. The first-order valence-electron chi connectivity index (χ1n) is 6.15. The van der Waals surface area contributed by atoms with Gasteiger partial charge in [-0.2, -0.15) is 0 Å². The largest absolute Gasteiger partial charge is 0.478 e. The summed E-state index contributed by atoms with van der Waals surface area (Å²) in [7, 11) is 0. The van der Waals surface area contributed by atoms with E-state index in [9.17, 15) is 0 Å². The first kappa shape index (κ1) is 10.8. The topological polar surface area (TPSA) is 21.7 Å². The van der Waals surface area contributed by atoms with E-state index in [0.717, 1.165) is 38.5 Å². The number of ether oxygens (including phenoxy) is 2. The Kier molecular flexibility index (Phi) is 3.12. The second kappa shape index (κ2) is 4.90. The van der Waals surface area contributed by atoms with Gasteiger partial charge in [0.05, 0.1) is 13.2 Å². The van der Waals surface area contributed by atoms with Gasteiger partial charge >= 0.3 is 0 Å². The Bertz CT molecular complexity index is 422. The van der Waals surface area contributed by atoms with Gasteiger partial charge in [-0.25, -0.2) is 0 Å². The molecule has 0 bridgehead atoms. The van der Waals surface area contributed by atoms with Crippen LogP contribution in [-0.2, 0) is 11.2 Å². The Morgan fingerprint density at radius 3 is 3.00 bits per heavy atom. The van der Waals surface area contributed by atoms with Crippen molar-refractivity contribution in [2.75, 3.05) is 33.0 Å². The molecule has 1 heterocycles. The molecule has 0 unspecified atom stereocenters. The van der Waals surface area contributed by atoms with Crippen molar-refractivity contribution in [2.45, 2.75) is 6.42 Å². The fraction of sp³-hybridized carbons (Fsp3) is 0.429. The molecule has 2 aliphatic rings. The highest BCUT2D eigenvalue weighted by Gasteiger charge is 2.14. The lowest BCUT2D eigenvalue weighted by molar-refractivity contribution is 0.00390. The summed E-state index contributed by atoms with van der Waals surface area (Å²) in [4.78, 5) is 2.28. The molecule has 90 valence electrons. The Labute approximate surface area is 102 Å². The van der Waals surface area contributed by atoms with Crippen molar-refractivity contribution in [3.8, 4) is 5.75 Å². The van der Waals surface area contributed by atoms with E-state index in [2.05, 4.69) is 35.3 Å². The molecule has 0 saturated carbocycles. The molecule has 1 aliphatic heterocycles. The highest BCUT2D eigenvalue weighted by molar-refractivity contribution is 5.63. The highest BCUT2D eigenvalue weighted by Crippen LogP contribution is 2.28. The van der Waals surface area contributed by atoms with E-state index in [-0.39, 0.29) is 0 Å². The highest BCUT2D eigenvalue weighted by atomic mass is 16.5. The number of allylic oxidation sites excluding steroid dienone is 1. The van der Waals surface area contributed by atoms with Crippen LogP contribution in [0.4, 0.5) is 0 Å². The number of fused-ring (bicyclic) bond motifs is 1. The third kappa shape index (κ3) is 2.35. The minimum atomic E-state index is 0.666. The van der Waals surface area contributed by atoms with Gasteiger partial charge in [0, 0.05) is 18.7 Å². The molecule has 1 fully saturated rings. The van der Waals surface area contributed by atoms with Gasteiger partial charge in [0.25, 0.3) is 0 Å². The minimum absolute atomic E-state index is 0.666. The monoisotopic (exact) mass is 231 g/mol. The molecule has 0 spiro atoms. The van der Waals surface area contributed by atoms with Crippen LogP contribution >= 0.6 is 0 Å². The maximum absolute atomic E-state index is 5.92. The van der Waals surface area contributed by atoms with Gasteiger partial charge in [-0.05, 0) is 18.1 Å². The van der Waals surface area contributed by atoms with Crippen LogP contribution in [-0.4, -0.2) is 37.9 Å². The molecule has 3 rings (SSSR count). The summed E-state index contributed by atoms with van der Waals surface area (Å²) in [6, 6.07) is 6.26. The molecule has 3 nitrogen and oxygen atoms in total. The van der Waals surface area contributed by atoms with Crippen molar-refractivity contribution in [1.29, 1.82) is 0 Å². The van der Waals surface area contributed by atoms with Crippen LogP contribution in [0.3, 0.4) is 0 Å². The maximum Gasteiger partial charge on any atom is 0.142 e. The van der Waals surface area contributed by atoms with Crippen LogP contribution in [0.25, 0.3) is 6.08 Å². The van der Waals surface area contributed by atoms with Crippen LogP contribution in [0.2, 0.25) is 0 Å². The average Bonchev–Trinajstić information content (AvgIpc) is 2.86. The van der Waals surface area contributed by atoms with E-state index >= 15 is 0 Å². The van der Waals surface area contributed by atoms with Gasteiger partial charge in [-0.1, -0.05) is 24.3 Å². The zero-order valence-corrected chi connectivity index (χ0v) is 9.89. The van der Waals surface area contributed by atoms with Crippen LogP contribution < -0.4 is 4.74 Å². The van der Waals surface area contributed by atoms with Crippen LogP contribution in [0.1, 0.15) is 11.1 Å².